The summed E-state index contributed by atoms with van der Waals surface area (Å²) in [6.45, 7) is 6.28. The first-order chi connectivity index (χ1) is 7.20. The number of rotatable bonds is 1. The average molecular weight is 201 g/mol. The number of carbonyl (C=O) groups excluding carboxylic acids is 1. The highest BCUT2D eigenvalue weighted by Crippen LogP contribution is 2.27. The second kappa shape index (κ2) is 3.89. The second-order valence-electron chi connectivity index (χ2n) is 3.97. The van der Waals surface area contributed by atoms with Gasteiger partial charge in [-0.25, -0.2) is 0 Å². The Morgan fingerprint density at radius 1 is 1.40 bits per heavy atom. The van der Waals surface area contributed by atoms with Crippen LogP contribution < -0.4 is 4.90 Å². The summed E-state index contributed by atoms with van der Waals surface area (Å²) < 4.78 is 0. The van der Waals surface area contributed by atoms with Gasteiger partial charge in [0.2, 0.25) is 0 Å². The molecule has 1 aliphatic heterocycles. The highest BCUT2D eigenvalue weighted by Gasteiger charge is 2.21. The maximum Gasteiger partial charge on any atom is 0.253 e. The van der Waals surface area contributed by atoms with E-state index in [9.17, 15) is 4.79 Å². The van der Waals surface area contributed by atoms with Crippen LogP contribution in [-0.4, -0.2) is 12.5 Å². The zero-order valence-electron chi connectivity index (χ0n) is 8.99. The Labute approximate surface area is 90.2 Å². The molecule has 0 saturated carbocycles. The topological polar surface area (TPSA) is 20.3 Å². The summed E-state index contributed by atoms with van der Waals surface area (Å²) in [7, 11) is 0. The molecule has 0 spiro atoms. The standard InChI is InChI=1S/C13H15NO/c1-10(2)13(15)14-9-5-7-11-6-3-4-8-12(11)14/h3-4,6,8H,1,5,7,9H2,2H3. The highest BCUT2D eigenvalue weighted by atomic mass is 16.2. The molecule has 78 valence electrons. The van der Waals surface area contributed by atoms with E-state index in [-0.39, 0.29) is 5.91 Å². The number of nitrogens with zero attached hydrogens (tertiary/aromatic N) is 1. The lowest BCUT2D eigenvalue weighted by molar-refractivity contribution is -0.115. The van der Waals surface area contributed by atoms with Crippen molar-refractivity contribution in [1.82, 2.24) is 0 Å². The van der Waals surface area contributed by atoms with Crippen LogP contribution in [0.4, 0.5) is 5.69 Å². The second-order valence-corrected chi connectivity index (χ2v) is 3.97. The first kappa shape index (κ1) is 9.97. The van der Waals surface area contributed by atoms with Crippen molar-refractivity contribution in [1.29, 1.82) is 0 Å². The molecule has 2 nitrogen and oxygen atoms in total. The van der Waals surface area contributed by atoms with Crippen molar-refractivity contribution in [3.05, 3.63) is 42.0 Å². The molecule has 0 radical (unpaired) electrons. The van der Waals surface area contributed by atoms with Gasteiger partial charge >= 0.3 is 0 Å². The molecule has 1 heterocycles. The Balaban J connectivity index is 2.38. The van der Waals surface area contributed by atoms with Gasteiger partial charge < -0.3 is 4.90 Å². The number of anilines is 1. The Morgan fingerprint density at radius 2 is 2.13 bits per heavy atom. The van der Waals surface area contributed by atoms with Crippen LogP contribution in [0.2, 0.25) is 0 Å². The number of aryl methyl sites for hydroxylation is 1. The van der Waals surface area contributed by atoms with Gasteiger partial charge in [0.25, 0.3) is 5.91 Å². The van der Waals surface area contributed by atoms with Gasteiger partial charge in [-0.15, -0.1) is 0 Å². The molecule has 1 aromatic rings. The third kappa shape index (κ3) is 1.80. The van der Waals surface area contributed by atoms with Crippen molar-refractivity contribution < 1.29 is 4.79 Å². The molecule has 0 unspecified atom stereocenters. The van der Waals surface area contributed by atoms with Gasteiger partial charge in [0.1, 0.15) is 0 Å². The summed E-state index contributed by atoms with van der Waals surface area (Å²) in [5.41, 5.74) is 2.92. The number of carbonyl (C=O) groups is 1. The molecule has 15 heavy (non-hydrogen) atoms. The summed E-state index contributed by atoms with van der Waals surface area (Å²) >= 11 is 0. The lowest BCUT2D eigenvalue weighted by Gasteiger charge is -2.29. The third-order valence-corrected chi connectivity index (χ3v) is 2.72. The number of hydrogen-bond acceptors (Lipinski definition) is 1. The van der Waals surface area contributed by atoms with Crippen LogP contribution in [0.25, 0.3) is 0 Å². The van der Waals surface area contributed by atoms with E-state index < -0.39 is 0 Å². The largest absolute Gasteiger partial charge is 0.308 e. The fourth-order valence-corrected chi connectivity index (χ4v) is 1.97. The number of benzene rings is 1. The highest BCUT2D eigenvalue weighted by molar-refractivity contribution is 6.05. The molecule has 0 aliphatic carbocycles. The maximum absolute atomic E-state index is 11.9. The first-order valence-corrected chi connectivity index (χ1v) is 5.25. The number of fused-ring (bicyclic) bond motifs is 1. The first-order valence-electron chi connectivity index (χ1n) is 5.25. The number of amides is 1. The molecular weight excluding hydrogens is 186 g/mol. The van der Waals surface area contributed by atoms with Crippen LogP contribution in [0.5, 0.6) is 0 Å². The van der Waals surface area contributed by atoms with Crippen LogP contribution in [0.1, 0.15) is 18.9 Å². The van der Waals surface area contributed by atoms with E-state index in [1.165, 1.54) is 5.56 Å². The minimum atomic E-state index is 0.0437. The zero-order chi connectivity index (χ0) is 10.8. The molecule has 0 aromatic heterocycles. The molecule has 0 fully saturated rings. The summed E-state index contributed by atoms with van der Waals surface area (Å²) in [6.07, 6.45) is 2.10. The molecule has 0 N–H and O–H groups in total. The Kier molecular flexibility index (Phi) is 2.58. The van der Waals surface area contributed by atoms with Crippen LogP contribution in [0, 0.1) is 0 Å². The molecule has 1 aromatic carbocycles. The predicted octanol–water partition coefficient (Wildman–Crippen LogP) is 2.54. The van der Waals surface area contributed by atoms with Gasteiger partial charge in [0.05, 0.1) is 0 Å². The van der Waals surface area contributed by atoms with Crippen molar-refractivity contribution in [3.63, 3.8) is 0 Å². The fraction of sp³-hybridized carbons (Fsp3) is 0.308. The molecule has 1 amide bonds. The SMILES string of the molecule is C=C(C)C(=O)N1CCCc2ccccc21. The molecule has 0 saturated heterocycles. The fourth-order valence-electron chi connectivity index (χ4n) is 1.97. The number of hydrogen-bond donors (Lipinski definition) is 0. The van der Waals surface area contributed by atoms with Gasteiger partial charge in [-0.3, -0.25) is 4.79 Å². The lowest BCUT2D eigenvalue weighted by atomic mass is 10.0. The van der Waals surface area contributed by atoms with Crippen molar-refractivity contribution in [2.75, 3.05) is 11.4 Å². The van der Waals surface area contributed by atoms with E-state index in [0.29, 0.717) is 5.57 Å². The van der Waals surface area contributed by atoms with Crippen molar-refractivity contribution in [2.45, 2.75) is 19.8 Å². The molecule has 0 atom stereocenters. The Hall–Kier alpha value is -1.57. The predicted molar refractivity (Wildman–Crippen MR) is 61.9 cm³/mol. The quantitative estimate of drug-likeness (QED) is 0.639. The Bertz CT molecular complexity index is 409. The van der Waals surface area contributed by atoms with E-state index in [2.05, 4.69) is 12.6 Å². The van der Waals surface area contributed by atoms with Gasteiger partial charge in [-0.05, 0) is 31.4 Å². The van der Waals surface area contributed by atoms with E-state index in [1.54, 1.807) is 6.92 Å². The minimum absolute atomic E-state index is 0.0437. The smallest absolute Gasteiger partial charge is 0.253 e. The van der Waals surface area contributed by atoms with Crippen LogP contribution in [0.3, 0.4) is 0 Å². The number of para-hydroxylation sites is 1. The van der Waals surface area contributed by atoms with E-state index >= 15 is 0 Å². The minimum Gasteiger partial charge on any atom is -0.308 e. The lowest BCUT2D eigenvalue weighted by Crippen LogP contribution is -2.35. The van der Waals surface area contributed by atoms with Crippen molar-refractivity contribution in [2.24, 2.45) is 0 Å². The third-order valence-electron chi connectivity index (χ3n) is 2.72. The summed E-state index contributed by atoms with van der Waals surface area (Å²) in [6, 6.07) is 8.10. The maximum atomic E-state index is 11.9. The zero-order valence-corrected chi connectivity index (χ0v) is 8.99. The van der Waals surface area contributed by atoms with Gasteiger partial charge in [0, 0.05) is 17.8 Å². The summed E-state index contributed by atoms with van der Waals surface area (Å²) in [5, 5.41) is 0. The van der Waals surface area contributed by atoms with Gasteiger partial charge in [-0.1, -0.05) is 24.8 Å². The van der Waals surface area contributed by atoms with Gasteiger partial charge in [-0.2, -0.15) is 0 Å². The molecule has 1 aliphatic rings. The summed E-state index contributed by atoms with van der Waals surface area (Å²) in [5.74, 6) is 0.0437. The molecule has 0 bridgehead atoms. The van der Waals surface area contributed by atoms with Crippen LogP contribution in [0.15, 0.2) is 36.4 Å². The summed E-state index contributed by atoms with van der Waals surface area (Å²) in [4.78, 5) is 13.7. The van der Waals surface area contributed by atoms with E-state index in [0.717, 1.165) is 25.1 Å². The molecule has 2 heteroatoms. The monoisotopic (exact) mass is 201 g/mol. The average Bonchev–Trinajstić information content (AvgIpc) is 2.27. The van der Waals surface area contributed by atoms with E-state index in [1.807, 2.05) is 23.1 Å². The Morgan fingerprint density at radius 3 is 2.87 bits per heavy atom. The van der Waals surface area contributed by atoms with Gasteiger partial charge in [0.15, 0.2) is 0 Å². The van der Waals surface area contributed by atoms with E-state index in [4.69, 9.17) is 0 Å². The van der Waals surface area contributed by atoms with Crippen LogP contribution in [-0.2, 0) is 11.2 Å². The molecular formula is C13H15NO. The van der Waals surface area contributed by atoms with Crippen LogP contribution >= 0.6 is 0 Å². The van der Waals surface area contributed by atoms with Crippen molar-refractivity contribution in [3.8, 4) is 0 Å². The molecule has 2 rings (SSSR count). The van der Waals surface area contributed by atoms with Crippen molar-refractivity contribution >= 4 is 11.6 Å². The normalized spacial score (nSPS) is 14.6.